The van der Waals surface area contributed by atoms with Crippen molar-refractivity contribution in [1.29, 1.82) is 5.26 Å². The first-order valence-corrected chi connectivity index (χ1v) is 7.31. The number of nitriles is 1. The van der Waals surface area contributed by atoms with Crippen LogP contribution in [0.1, 0.15) is 56.7 Å². The van der Waals surface area contributed by atoms with E-state index in [1.807, 2.05) is 18.2 Å². The maximum atomic E-state index is 9.76. The van der Waals surface area contributed by atoms with E-state index < -0.39 is 5.41 Å². The van der Waals surface area contributed by atoms with Crippen LogP contribution in [0.25, 0.3) is 0 Å². The van der Waals surface area contributed by atoms with Gasteiger partial charge >= 0.3 is 0 Å². The second-order valence-corrected chi connectivity index (χ2v) is 5.64. The zero-order chi connectivity index (χ0) is 15.2. The predicted molar refractivity (Wildman–Crippen MR) is 79.9 cm³/mol. The fraction of sp³-hybridized carbons (Fsp3) is 0.588. The molecule has 0 aliphatic heterocycles. The highest BCUT2D eigenvalue weighted by atomic mass is 16.3. The summed E-state index contributed by atoms with van der Waals surface area (Å²) in [5, 5.41) is 28.5. The first-order chi connectivity index (χ1) is 9.55. The number of aliphatic hydroxyl groups is 2. The molecule has 0 aromatic heterocycles. The molecule has 0 aliphatic carbocycles. The summed E-state index contributed by atoms with van der Waals surface area (Å²) in [5.74, 6) is 0.200. The van der Waals surface area contributed by atoms with Crippen LogP contribution in [-0.2, 0) is 18.6 Å². The van der Waals surface area contributed by atoms with Gasteiger partial charge in [0.2, 0.25) is 0 Å². The van der Waals surface area contributed by atoms with Crippen LogP contribution in [0.5, 0.6) is 0 Å². The third kappa shape index (κ3) is 3.20. The van der Waals surface area contributed by atoms with Crippen molar-refractivity contribution in [3.63, 3.8) is 0 Å². The third-order valence-electron chi connectivity index (χ3n) is 4.17. The van der Waals surface area contributed by atoms with Crippen molar-refractivity contribution in [3.8, 4) is 6.07 Å². The molecule has 0 heterocycles. The summed E-state index contributed by atoms with van der Waals surface area (Å²) < 4.78 is 0. The average Bonchev–Trinajstić information content (AvgIpc) is 2.47. The van der Waals surface area contributed by atoms with Crippen LogP contribution in [0.15, 0.2) is 18.2 Å². The Hall–Kier alpha value is -1.37. The van der Waals surface area contributed by atoms with Gasteiger partial charge in [-0.1, -0.05) is 51.8 Å². The zero-order valence-electron chi connectivity index (χ0n) is 12.7. The molecule has 0 bridgehead atoms. The Labute approximate surface area is 121 Å². The van der Waals surface area contributed by atoms with Crippen molar-refractivity contribution in [2.45, 2.75) is 58.7 Å². The van der Waals surface area contributed by atoms with E-state index in [9.17, 15) is 15.5 Å². The molecule has 110 valence electrons. The largest absolute Gasteiger partial charge is 0.392 e. The Bertz CT molecular complexity index is 476. The van der Waals surface area contributed by atoms with E-state index in [0.29, 0.717) is 5.56 Å². The standard InChI is InChI=1S/C17H25NO2/c1-4-5-8-17(12-18,13(2)3)16-7-6-14(10-19)15(9-16)11-20/h6-7,9,13,19-20H,4-5,8,10-11H2,1-3H3. The summed E-state index contributed by atoms with van der Waals surface area (Å²) in [6.45, 7) is 6.05. The predicted octanol–water partition coefficient (Wildman–Crippen LogP) is 3.28. The minimum atomic E-state index is -0.520. The highest BCUT2D eigenvalue weighted by Gasteiger charge is 2.35. The second kappa shape index (κ2) is 7.42. The molecule has 1 aromatic rings. The van der Waals surface area contributed by atoms with Crippen LogP contribution in [0.2, 0.25) is 0 Å². The van der Waals surface area contributed by atoms with Crippen molar-refractivity contribution in [3.05, 3.63) is 34.9 Å². The normalized spacial score (nSPS) is 14.1. The Morgan fingerprint density at radius 3 is 2.30 bits per heavy atom. The van der Waals surface area contributed by atoms with E-state index in [-0.39, 0.29) is 19.1 Å². The molecule has 0 saturated carbocycles. The molecule has 2 N–H and O–H groups in total. The highest BCUT2D eigenvalue weighted by Crippen LogP contribution is 2.37. The number of nitrogens with zero attached hydrogens (tertiary/aromatic N) is 1. The maximum Gasteiger partial charge on any atom is 0.0845 e. The first kappa shape index (κ1) is 16.7. The lowest BCUT2D eigenvalue weighted by molar-refractivity contribution is 0.259. The fourth-order valence-corrected chi connectivity index (χ4v) is 2.68. The number of aliphatic hydroxyl groups excluding tert-OH is 2. The molecule has 0 spiro atoms. The fourth-order valence-electron chi connectivity index (χ4n) is 2.68. The SMILES string of the molecule is CCCCC(C#N)(c1ccc(CO)c(CO)c1)C(C)C. The molecule has 0 radical (unpaired) electrons. The van der Waals surface area contributed by atoms with E-state index in [2.05, 4.69) is 26.8 Å². The van der Waals surface area contributed by atoms with Crippen LogP contribution in [0.3, 0.4) is 0 Å². The minimum absolute atomic E-state index is 0.0909. The van der Waals surface area contributed by atoms with Gasteiger partial charge in [0, 0.05) is 0 Å². The number of rotatable bonds is 7. The maximum absolute atomic E-state index is 9.76. The summed E-state index contributed by atoms with van der Waals surface area (Å²) >= 11 is 0. The van der Waals surface area contributed by atoms with Gasteiger partial charge in [-0.3, -0.25) is 0 Å². The second-order valence-electron chi connectivity index (χ2n) is 5.64. The highest BCUT2D eigenvalue weighted by molar-refractivity contribution is 5.39. The molecule has 1 aromatic carbocycles. The van der Waals surface area contributed by atoms with Gasteiger partial charge in [-0.15, -0.1) is 0 Å². The monoisotopic (exact) mass is 275 g/mol. The van der Waals surface area contributed by atoms with Crippen LogP contribution in [-0.4, -0.2) is 10.2 Å². The van der Waals surface area contributed by atoms with Gasteiger partial charge in [-0.25, -0.2) is 0 Å². The molecular formula is C17H25NO2. The third-order valence-corrected chi connectivity index (χ3v) is 4.17. The molecule has 3 nitrogen and oxygen atoms in total. The number of unbranched alkanes of at least 4 members (excludes halogenated alkanes) is 1. The van der Waals surface area contributed by atoms with E-state index in [0.717, 1.165) is 30.4 Å². The molecule has 1 rings (SSSR count). The van der Waals surface area contributed by atoms with Crippen molar-refractivity contribution in [2.75, 3.05) is 0 Å². The Balaban J connectivity index is 3.31. The van der Waals surface area contributed by atoms with Crippen molar-refractivity contribution in [2.24, 2.45) is 5.92 Å². The summed E-state index contributed by atoms with van der Waals surface area (Å²) in [5.41, 5.74) is 1.86. The van der Waals surface area contributed by atoms with Crippen molar-refractivity contribution >= 4 is 0 Å². The van der Waals surface area contributed by atoms with Crippen LogP contribution >= 0.6 is 0 Å². The zero-order valence-corrected chi connectivity index (χ0v) is 12.7. The summed E-state index contributed by atoms with van der Waals surface area (Å²) in [6.07, 6.45) is 2.88. The molecule has 0 amide bonds. The molecule has 20 heavy (non-hydrogen) atoms. The molecule has 1 atom stereocenters. The molecule has 0 saturated heterocycles. The lowest BCUT2D eigenvalue weighted by Crippen LogP contribution is -2.31. The van der Waals surface area contributed by atoms with Crippen LogP contribution in [0.4, 0.5) is 0 Å². The van der Waals surface area contributed by atoms with Gasteiger partial charge in [0.15, 0.2) is 0 Å². The van der Waals surface area contributed by atoms with E-state index in [1.165, 1.54) is 0 Å². The molecular weight excluding hydrogens is 250 g/mol. The van der Waals surface area contributed by atoms with Gasteiger partial charge in [0.05, 0.1) is 24.7 Å². The Morgan fingerprint density at radius 1 is 1.20 bits per heavy atom. The smallest absolute Gasteiger partial charge is 0.0845 e. The topological polar surface area (TPSA) is 64.2 Å². The molecule has 3 heteroatoms. The summed E-state index contributed by atoms with van der Waals surface area (Å²) in [4.78, 5) is 0. The Kier molecular flexibility index (Phi) is 6.19. The average molecular weight is 275 g/mol. The lowest BCUT2D eigenvalue weighted by Gasteiger charge is -2.32. The van der Waals surface area contributed by atoms with Gasteiger partial charge in [-0.05, 0) is 29.0 Å². The van der Waals surface area contributed by atoms with Gasteiger partial charge in [-0.2, -0.15) is 5.26 Å². The van der Waals surface area contributed by atoms with E-state index in [1.54, 1.807) is 0 Å². The number of benzene rings is 1. The summed E-state index contributed by atoms with van der Waals surface area (Å²) in [7, 11) is 0. The first-order valence-electron chi connectivity index (χ1n) is 7.31. The minimum Gasteiger partial charge on any atom is -0.392 e. The number of hydrogen-bond donors (Lipinski definition) is 2. The molecule has 0 aliphatic rings. The van der Waals surface area contributed by atoms with E-state index in [4.69, 9.17) is 0 Å². The van der Waals surface area contributed by atoms with Gasteiger partial charge < -0.3 is 10.2 Å². The van der Waals surface area contributed by atoms with E-state index >= 15 is 0 Å². The molecule has 0 fully saturated rings. The summed E-state index contributed by atoms with van der Waals surface area (Å²) in [6, 6.07) is 8.13. The quantitative estimate of drug-likeness (QED) is 0.802. The lowest BCUT2D eigenvalue weighted by atomic mass is 9.69. The van der Waals surface area contributed by atoms with Crippen molar-refractivity contribution in [1.82, 2.24) is 0 Å². The van der Waals surface area contributed by atoms with Crippen LogP contribution < -0.4 is 0 Å². The van der Waals surface area contributed by atoms with Gasteiger partial charge in [0.25, 0.3) is 0 Å². The van der Waals surface area contributed by atoms with Crippen molar-refractivity contribution < 1.29 is 10.2 Å². The van der Waals surface area contributed by atoms with Gasteiger partial charge in [0.1, 0.15) is 0 Å². The Morgan fingerprint density at radius 2 is 1.85 bits per heavy atom. The molecule has 1 unspecified atom stereocenters. The number of hydrogen-bond acceptors (Lipinski definition) is 3. The van der Waals surface area contributed by atoms with Crippen LogP contribution in [0, 0.1) is 17.2 Å².